The van der Waals surface area contributed by atoms with E-state index in [1.54, 1.807) is 12.1 Å². The molecule has 2 nitrogen and oxygen atoms in total. The standard InChI is InChI=1S/C13H13ClO2/c14-10-3-1-2-9(6-10)13(11(15)16)7-12(8-13)4-5-12/h1-3,6H,4-5,7-8H2,(H,15,16). The van der Waals surface area contributed by atoms with Crippen LogP contribution in [0.2, 0.25) is 5.02 Å². The molecule has 3 heteroatoms. The van der Waals surface area contributed by atoms with Crippen molar-refractivity contribution < 1.29 is 9.90 Å². The van der Waals surface area contributed by atoms with Crippen LogP contribution in [0.15, 0.2) is 24.3 Å². The van der Waals surface area contributed by atoms with Gasteiger partial charge >= 0.3 is 5.97 Å². The van der Waals surface area contributed by atoms with Crippen LogP contribution in [0, 0.1) is 5.41 Å². The molecule has 0 aromatic heterocycles. The van der Waals surface area contributed by atoms with E-state index in [9.17, 15) is 9.90 Å². The molecule has 0 heterocycles. The van der Waals surface area contributed by atoms with Gasteiger partial charge in [-0.1, -0.05) is 23.7 Å². The molecule has 1 aromatic rings. The minimum absolute atomic E-state index is 0.362. The van der Waals surface area contributed by atoms with E-state index in [1.807, 2.05) is 12.1 Å². The zero-order valence-electron chi connectivity index (χ0n) is 8.87. The Labute approximate surface area is 99.2 Å². The fraction of sp³-hybridized carbons (Fsp3) is 0.462. The van der Waals surface area contributed by atoms with Crippen molar-refractivity contribution in [3.63, 3.8) is 0 Å². The van der Waals surface area contributed by atoms with Gasteiger partial charge in [0.15, 0.2) is 0 Å². The van der Waals surface area contributed by atoms with E-state index in [-0.39, 0.29) is 0 Å². The third kappa shape index (κ3) is 1.29. The predicted molar refractivity (Wildman–Crippen MR) is 61.7 cm³/mol. The van der Waals surface area contributed by atoms with Crippen LogP contribution in [-0.2, 0) is 10.2 Å². The van der Waals surface area contributed by atoms with Gasteiger partial charge in [0.2, 0.25) is 0 Å². The third-order valence-corrected chi connectivity index (χ3v) is 4.33. The molecule has 0 atom stereocenters. The molecular weight excluding hydrogens is 224 g/mol. The number of carboxylic acid groups (broad SMARTS) is 1. The van der Waals surface area contributed by atoms with Crippen molar-refractivity contribution in [3.8, 4) is 0 Å². The van der Waals surface area contributed by atoms with Crippen molar-refractivity contribution in [2.75, 3.05) is 0 Å². The summed E-state index contributed by atoms with van der Waals surface area (Å²) in [6, 6.07) is 7.30. The topological polar surface area (TPSA) is 37.3 Å². The van der Waals surface area contributed by atoms with Gasteiger partial charge in [-0.15, -0.1) is 0 Å². The second-order valence-corrected chi connectivity index (χ2v) is 5.69. The molecule has 0 amide bonds. The maximum absolute atomic E-state index is 11.5. The molecule has 1 aromatic carbocycles. The Kier molecular flexibility index (Phi) is 1.91. The lowest BCUT2D eigenvalue weighted by atomic mass is 9.56. The SMILES string of the molecule is O=C(O)C1(c2cccc(Cl)c2)CC2(CC2)C1. The summed E-state index contributed by atoms with van der Waals surface area (Å²) in [4.78, 5) is 11.5. The van der Waals surface area contributed by atoms with E-state index in [2.05, 4.69) is 0 Å². The van der Waals surface area contributed by atoms with Gasteiger partial charge in [0.25, 0.3) is 0 Å². The molecule has 2 fully saturated rings. The molecule has 0 aliphatic heterocycles. The minimum atomic E-state index is -0.702. The average Bonchev–Trinajstić information content (AvgIpc) is 2.93. The second kappa shape index (κ2) is 3.01. The second-order valence-electron chi connectivity index (χ2n) is 5.25. The molecule has 2 aliphatic carbocycles. The van der Waals surface area contributed by atoms with Crippen LogP contribution < -0.4 is 0 Å². The molecule has 1 spiro atoms. The van der Waals surface area contributed by atoms with Crippen LogP contribution in [0.1, 0.15) is 31.2 Å². The van der Waals surface area contributed by atoms with E-state index in [0.717, 1.165) is 18.4 Å². The lowest BCUT2D eigenvalue weighted by Crippen LogP contribution is -2.49. The molecule has 16 heavy (non-hydrogen) atoms. The van der Waals surface area contributed by atoms with Gasteiger partial charge in [-0.25, -0.2) is 0 Å². The lowest BCUT2D eigenvalue weighted by molar-refractivity contribution is -0.150. The minimum Gasteiger partial charge on any atom is -0.481 e. The predicted octanol–water partition coefficient (Wildman–Crippen LogP) is 3.24. The number of hydrogen-bond donors (Lipinski definition) is 1. The first-order valence-corrected chi connectivity index (χ1v) is 5.94. The van der Waals surface area contributed by atoms with Crippen molar-refractivity contribution in [1.29, 1.82) is 0 Å². The zero-order valence-corrected chi connectivity index (χ0v) is 9.63. The molecule has 0 unspecified atom stereocenters. The monoisotopic (exact) mass is 236 g/mol. The van der Waals surface area contributed by atoms with Crippen molar-refractivity contribution in [2.45, 2.75) is 31.1 Å². The molecule has 3 rings (SSSR count). The Balaban J connectivity index is 1.98. The number of halogens is 1. The smallest absolute Gasteiger partial charge is 0.314 e. The summed E-state index contributed by atoms with van der Waals surface area (Å²) in [5, 5.41) is 10.1. The van der Waals surface area contributed by atoms with E-state index in [1.165, 1.54) is 12.8 Å². The summed E-state index contributed by atoms with van der Waals surface area (Å²) >= 11 is 5.93. The highest BCUT2D eigenvalue weighted by molar-refractivity contribution is 6.30. The number of hydrogen-bond acceptors (Lipinski definition) is 1. The Morgan fingerprint density at radius 3 is 2.50 bits per heavy atom. The first kappa shape index (κ1) is 10.2. The Morgan fingerprint density at radius 2 is 2.00 bits per heavy atom. The van der Waals surface area contributed by atoms with Gasteiger partial charge in [-0.3, -0.25) is 4.79 Å². The van der Waals surface area contributed by atoms with Crippen molar-refractivity contribution in [1.82, 2.24) is 0 Å². The summed E-state index contributed by atoms with van der Waals surface area (Å²) in [6.07, 6.45) is 3.97. The summed E-state index contributed by atoms with van der Waals surface area (Å²) in [5.41, 5.74) is 0.562. The highest BCUT2D eigenvalue weighted by Gasteiger charge is 2.64. The first-order chi connectivity index (χ1) is 7.56. The number of benzene rings is 1. The number of carbonyl (C=O) groups is 1. The van der Waals surface area contributed by atoms with Crippen LogP contribution in [0.4, 0.5) is 0 Å². The Hall–Kier alpha value is -1.02. The summed E-state index contributed by atoms with van der Waals surface area (Å²) < 4.78 is 0. The largest absolute Gasteiger partial charge is 0.481 e. The van der Waals surface area contributed by atoms with Crippen LogP contribution in [0.3, 0.4) is 0 Å². The van der Waals surface area contributed by atoms with Gasteiger partial charge in [0, 0.05) is 5.02 Å². The summed E-state index contributed by atoms with van der Waals surface area (Å²) in [7, 11) is 0. The highest BCUT2D eigenvalue weighted by Crippen LogP contribution is 2.69. The van der Waals surface area contributed by atoms with E-state index in [0.29, 0.717) is 10.4 Å². The maximum atomic E-state index is 11.5. The van der Waals surface area contributed by atoms with Crippen LogP contribution in [0.25, 0.3) is 0 Å². The van der Waals surface area contributed by atoms with Gasteiger partial charge in [-0.2, -0.15) is 0 Å². The van der Waals surface area contributed by atoms with E-state index in [4.69, 9.17) is 11.6 Å². The average molecular weight is 237 g/mol. The van der Waals surface area contributed by atoms with Gasteiger partial charge in [0.05, 0.1) is 5.41 Å². The molecule has 84 valence electrons. The van der Waals surface area contributed by atoms with Gasteiger partial charge < -0.3 is 5.11 Å². The van der Waals surface area contributed by atoms with Crippen molar-refractivity contribution >= 4 is 17.6 Å². The first-order valence-electron chi connectivity index (χ1n) is 5.56. The van der Waals surface area contributed by atoms with Gasteiger partial charge in [0.1, 0.15) is 0 Å². The molecule has 0 bridgehead atoms. The van der Waals surface area contributed by atoms with Gasteiger partial charge in [-0.05, 0) is 48.8 Å². The highest BCUT2D eigenvalue weighted by atomic mass is 35.5. The number of carboxylic acids is 1. The Morgan fingerprint density at radius 1 is 1.31 bits per heavy atom. The molecule has 0 saturated heterocycles. The maximum Gasteiger partial charge on any atom is 0.314 e. The Bertz CT molecular complexity index is 455. The van der Waals surface area contributed by atoms with Crippen molar-refractivity contribution in [2.24, 2.45) is 5.41 Å². The van der Waals surface area contributed by atoms with E-state index < -0.39 is 11.4 Å². The molecule has 2 saturated carbocycles. The molecule has 0 radical (unpaired) electrons. The lowest BCUT2D eigenvalue weighted by Gasteiger charge is -2.45. The molecule has 1 N–H and O–H groups in total. The van der Waals surface area contributed by atoms with Crippen LogP contribution >= 0.6 is 11.6 Å². The summed E-state index contributed by atoms with van der Waals surface area (Å²) in [6.45, 7) is 0. The van der Waals surface area contributed by atoms with E-state index >= 15 is 0 Å². The summed E-state index contributed by atoms with van der Waals surface area (Å²) in [5.74, 6) is -0.702. The normalized spacial score (nSPS) is 23.8. The third-order valence-electron chi connectivity index (χ3n) is 4.10. The fourth-order valence-electron chi connectivity index (χ4n) is 3.02. The van der Waals surface area contributed by atoms with Crippen molar-refractivity contribution in [3.05, 3.63) is 34.9 Å². The molecule has 2 aliphatic rings. The van der Waals surface area contributed by atoms with Crippen LogP contribution in [-0.4, -0.2) is 11.1 Å². The molecular formula is C13H13ClO2. The number of aliphatic carboxylic acids is 1. The van der Waals surface area contributed by atoms with Crippen LogP contribution in [0.5, 0.6) is 0 Å². The number of rotatable bonds is 2. The quantitative estimate of drug-likeness (QED) is 0.856. The zero-order chi connectivity index (χ0) is 11.4. The fourth-order valence-corrected chi connectivity index (χ4v) is 3.21.